The number of anilines is 2. The summed E-state index contributed by atoms with van der Waals surface area (Å²) < 4.78 is 26.5. The Hall–Kier alpha value is -3.64. The van der Waals surface area contributed by atoms with Gasteiger partial charge in [0.1, 0.15) is 0 Å². The molecule has 5 nitrogen and oxygen atoms in total. The number of benzene rings is 4. The molecule has 0 fully saturated rings. The van der Waals surface area contributed by atoms with Crippen LogP contribution in [-0.4, -0.2) is 20.6 Å². The van der Waals surface area contributed by atoms with Gasteiger partial charge in [0.2, 0.25) is 10.0 Å². The summed E-state index contributed by atoms with van der Waals surface area (Å²) in [6, 6.07) is 25.1. The van der Waals surface area contributed by atoms with Crippen molar-refractivity contribution in [1.82, 2.24) is 0 Å². The Balaban J connectivity index is 1.34. The first kappa shape index (κ1) is 24.1. The fourth-order valence-electron chi connectivity index (χ4n) is 4.90. The second-order valence-corrected chi connectivity index (χ2v) is 11.7. The van der Waals surface area contributed by atoms with E-state index in [1.54, 1.807) is 12.1 Å². The molecule has 1 amide bonds. The Kier molecular flexibility index (Phi) is 6.31. The number of aryl methyl sites for hydroxylation is 2. The molecule has 4 aromatic rings. The predicted octanol–water partition coefficient (Wildman–Crippen LogP) is 6.28. The van der Waals surface area contributed by atoms with Gasteiger partial charge in [-0.25, -0.2) is 8.42 Å². The van der Waals surface area contributed by atoms with E-state index in [0.29, 0.717) is 17.2 Å². The fourth-order valence-corrected chi connectivity index (χ4v) is 5.79. The SMILES string of the molecule is CC(C)c1ccc(N(Cc2ccc(C(=O)Nc3ccc4c5c(cccc35)CC4)cc2)S(C)(=O)=O)cc1. The van der Waals surface area contributed by atoms with Crippen LogP contribution in [0.4, 0.5) is 11.4 Å². The molecule has 1 aliphatic rings. The monoisotopic (exact) mass is 498 g/mol. The maximum atomic E-state index is 13.0. The van der Waals surface area contributed by atoms with Crippen LogP contribution in [0.25, 0.3) is 10.8 Å². The number of amides is 1. The summed E-state index contributed by atoms with van der Waals surface area (Å²) in [5.41, 5.74) is 6.57. The van der Waals surface area contributed by atoms with Crippen LogP contribution in [0.3, 0.4) is 0 Å². The molecule has 0 aliphatic heterocycles. The molecule has 0 radical (unpaired) electrons. The lowest BCUT2D eigenvalue weighted by Gasteiger charge is -2.23. The number of carbonyl (C=O) groups is 1. The van der Waals surface area contributed by atoms with Crippen molar-refractivity contribution in [2.75, 3.05) is 15.9 Å². The lowest BCUT2D eigenvalue weighted by atomic mass is 10.0. The van der Waals surface area contributed by atoms with Gasteiger partial charge in [0.25, 0.3) is 5.91 Å². The molecular weight excluding hydrogens is 468 g/mol. The van der Waals surface area contributed by atoms with Crippen LogP contribution in [0.5, 0.6) is 0 Å². The second kappa shape index (κ2) is 9.43. The van der Waals surface area contributed by atoms with Crippen molar-refractivity contribution in [3.8, 4) is 0 Å². The van der Waals surface area contributed by atoms with Crippen LogP contribution in [0, 0.1) is 0 Å². The third kappa shape index (κ3) is 4.73. The van der Waals surface area contributed by atoms with Crippen molar-refractivity contribution >= 4 is 38.1 Å². The van der Waals surface area contributed by atoms with Gasteiger partial charge in [-0.1, -0.05) is 62.4 Å². The molecule has 1 aliphatic carbocycles. The van der Waals surface area contributed by atoms with Gasteiger partial charge in [0, 0.05) is 16.6 Å². The van der Waals surface area contributed by atoms with E-state index < -0.39 is 10.0 Å². The van der Waals surface area contributed by atoms with Gasteiger partial charge in [-0.3, -0.25) is 9.10 Å². The van der Waals surface area contributed by atoms with E-state index >= 15 is 0 Å². The number of sulfonamides is 1. The summed E-state index contributed by atoms with van der Waals surface area (Å²) >= 11 is 0. The molecule has 0 atom stereocenters. The van der Waals surface area contributed by atoms with Gasteiger partial charge in [-0.05, 0) is 76.7 Å². The second-order valence-electron chi connectivity index (χ2n) is 9.78. The van der Waals surface area contributed by atoms with E-state index in [4.69, 9.17) is 0 Å². The zero-order chi connectivity index (χ0) is 25.4. The smallest absolute Gasteiger partial charge is 0.255 e. The highest BCUT2D eigenvalue weighted by molar-refractivity contribution is 7.92. The molecular formula is C30H30N2O3S. The van der Waals surface area contributed by atoms with Gasteiger partial charge in [0.05, 0.1) is 18.5 Å². The first-order chi connectivity index (χ1) is 17.2. The summed E-state index contributed by atoms with van der Waals surface area (Å²) in [7, 11) is -3.49. The van der Waals surface area contributed by atoms with Crippen LogP contribution in [0.1, 0.15) is 52.4 Å². The fraction of sp³-hybridized carbons (Fsp3) is 0.233. The van der Waals surface area contributed by atoms with Crippen LogP contribution in [0.15, 0.2) is 78.9 Å². The molecule has 0 unspecified atom stereocenters. The third-order valence-corrected chi connectivity index (χ3v) is 8.06. The predicted molar refractivity (Wildman–Crippen MR) is 147 cm³/mol. The molecule has 4 aromatic carbocycles. The summed E-state index contributed by atoms with van der Waals surface area (Å²) in [6.45, 7) is 4.40. The molecule has 0 heterocycles. The minimum Gasteiger partial charge on any atom is -0.321 e. The highest BCUT2D eigenvalue weighted by atomic mass is 32.2. The first-order valence-electron chi connectivity index (χ1n) is 12.2. The van der Waals surface area contributed by atoms with Crippen molar-refractivity contribution in [2.24, 2.45) is 0 Å². The summed E-state index contributed by atoms with van der Waals surface area (Å²) in [4.78, 5) is 13.0. The highest BCUT2D eigenvalue weighted by Gasteiger charge is 2.19. The van der Waals surface area contributed by atoms with Gasteiger partial charge < -0.3 is 5.32 Å². The number of hydrogen-bond acceptors (Lipinski definition) is 3. The highest BCUT2D eigenvalue weighted by Crippen LogP contribution is 2.35. The molecule has 0 spiro atoms. The zero-order valence-electron chi connectivity index (χ0n) is 20.8. The molecule has 36 heavy (non-hydrogen) atoms. The summed E-state index contributed by atoms with van der Waals surface area (Å²) in [5.74, 6) is 0.180. The van der Waals surface area contributed by atoms with Gasteiger partial charge in [-0.15, -0.1) is 0 Å². The van der Waals surface area contributed by atoms with E-state index in [0.717, 1.165) is 35.0 Å². The molecule has 5 rings (SSSR count). The van der Waals surface area contributed by atoms with E-state index in [2.05, 4.69) is 37.4 Å². The lowest BCUT2D eigenvalue weighted by Crippen LogP contribution is -2.29. The number of carbonyl (C=O) groups excluding carboxylic acids is 1. The Morgan fingerprint density at radius 3 is 2.19 bits per heavy atom. The molecule has 0 aromatic heterocycles. The topological polar surface area (TPSA) is 66.5 Å². The van der Waals surface area contributed by atoms with Gasteiger partial charge in [0.15, 0.2) is 0 Å². The van der Waals surface area contributed by atoms with E-state index in [-0.39, 0.29) is 12.5 Å². The number of nitrogens with zero attached hydrogens (tertiary/aromatic N) is 1. The van der Waals surface area contributed by atoms with Crippen molar-refractivity contribution in [3.63, 3.8) is 0 Å². The van der Waals surface area contributed by atoms with Crippen molar-refractivity contribution in [2.45, 2.75) is 39.2 Å². The lowest BCUT2D eigenvalue weighted by molar-refractivity contribution is 0.102. The van der Waals surface area contributed by atoms with Gasteiger partial charge >= 0.3 is 0 Å². The van der Waals surface area contributed by atoms with Crippen LogP contribution in [-0.2, 0) is 29.4 Å². The maximum absolute atomic E-state index is 13.0. The van der Waals surface area contributed by atoms with Crippen molar-refractivity contribution < 1.29 is 13.2 Å². The van der Waals surface area contributed by atoms with Crippen LogP contribution < -0.4 is 9.62 Å². The van der Waals surface area contributed by atoms with Crippen molar-refractivity contribution in [3.05, 3.63) is 107 Å². The third-order valence-electron chi connectivity index (χ3n) is 6.92. The largest absolute Gasteiger partial charge is 0.321 e. The Bertz CT molecular complexity index is 1530. The number of hydrogen-bond donors (Lipinski definition) is 1. The Morgan fingerprint density at radius 1 is 0.889 bits per heavy atom. The molecule has 0 bridgehead atoms. The molecule has 0 saturated carbocycles. The average Bonchev–Trinajstić information content (AvgIpc) is 3.28. The van der Waals surface area contributed by atoms with E-state index in [9.17, 15) is 13.2 Å². The molecule has 0 saturated heterocycles. The molecule has 1 N–H and O–H groups in total. The molecule has 184 valence electrons. The maximum Gasteiger partial charge on any atom is 0.255 e. The quantitative estimate of drug-likeness (QED) is 0.326. The standard InChI is InChI=1S/C30H30N2O3S/c1-20(2)22-13-16-26(17-14-22)32(36(3,34)35)19-21-7-9-25(10-8-21)30(33)31-28-18-15-24-12-11-23-5-4-6-27(28)29(23)24/h4-10,13-18,20H,11-12,19H2,1-3H3,(H,31,33). The number of nitrogens with one attached hydrogen (secondary N) is 1. The number of rotatable bonds is 7. The molecule has 6 heteroatoms. The summed E-state index contributed by atoms with van der Waals surface area (Å²) in [6.07, 6.45) is 3.29. The van der Waals surface area contributed by atoms with E-state index in [1.807, 2.05) is 48.5 Å². The minimum atomic E-state index is -3.49. The zero-order valence-corrected chi connectivity index (χ0v) is 21.6. The first-order valence-corrected chi connectivity index (χ1v) is 14.1. The van der Waals surface area contributed by atoms with Crippen LogP contribution in [0.2, 0.25) is 0 Å². The van der Waals surface area contributed by atoms with Gasteiger partial charge in [-0.2, -0.15) is 0 Å². The van der Waals surface area contributed by atoms with Crippen molar-refractivity contribution in [1.29, 1.82) is 0 Å². The van der Waals surface area contributed by atoms with Crippen LogP contribution >= 0.6 is 0 Å². The Labute approximate surface area is 212 Å². The normalized spacial score (nSPS) is 12.8. The average molecular weight is 499 g/mol. The minimum absolute atomic E-state index is 0.190. The van der Waals surface area contributed by atoms with E-state index in [1.165, 1.54) is 27.1 Å². The summed E-state index contributed by atoms with van der Waals surface area (Å²) in [5, 5.41) is 5.39. The Morgan fingerprint density at radius 2 is 1.56 bits per heavy atom.